The van der Waals surface area contributed by atoms with Gasteiger partial charge in [0.1, 0.15) is 0 Å². The van der Waals surface area contributed by atoms with Crippen molar-refractivity contribution < 1.29 is 0 Å². The molecule has 0 aromatic heterocycles. The van der Waals surface area contributed by atoms with E-state index in [1.807, 2.05) is 0 Å². The second-order valence-electron chi connectivity index (χ2n) is 4.11. The van der Waals surface area contributed by atoms with Crippen molar-refractivity contribution in [3.05, 3.63) is 41.8 Å². The molecule has 15 heavy (non-hydrogen) atoms. The summed E-state index contributed by atoms with van der Waals surface area (Å²) in [6.45, 7) is 4.30. The van der Waals surface area contributed by atoms with Gasteiger partial charge in [0.25, 0.3) is 0 Å². The monoisotopic (exact) mass is 199 g/mol. The molecule has 1 atom stereocenters. The minimum atomic E-state index is 0.191. The maximum absolute atomic E-state index is 7.35. The Morgan fingerprint density at radius 2 is 2.13 bits per heavy atom. The topological polar surface area (TPSA) is 0 Å². The third kappa shape index (κ3) is 3.80. The van der Waals surface area contributed by atoms with Gasteiger partial charge in [-0.3, -0.25) is 0 Å². The van der Waals surface area contributed by atoms with E-state index in [1.54, 1.807) is 0 Å². The molecular formula is C15H19. The van der Waals surface area contributed by atoms with E-state index in [0.29, 0.717) is 0 Å². The summed E-state index contributed by atoms with van der Waals surface area (Å²) in [7, 11) is 0. The summed E-state index contributed by atoms with van der Waals surface area (Å²) < 4.78 is 0. The molecule has 0 saturated heterocycles. The van der Waals surface area contributed by atoms with Crippen molar-refractivity contribution in [1.82, 2.24) is 0 Å². The Kier molecular flexibility index (Phi) is 4.98. The summed E-state index contributed by atoms with van der Waals surface area (Å²) in [5.41, 5.74) is 2.50. The lowest BCUT2D eigenvalue weighted by molar-refractivity contribution is 0.637. The van der Waals surface area contributed by atoms with Crippen molar-refractivity contribution in [2.75, 3.05) is 0 Å². The van der Waals surface area contributed by atoms with Crippen LogP contribution in [0.5, 0.6) is 0 Å². The fourth-order valence-electron chi connectivity index (χ4n) is 1.81. The van der Waals surface area contributed by atoms with E-state index in [4.69, 9.17) is 6.42 Å². The first-order valence-corrected chi connectivity index (χ1v) is 5.76. The van der Waals surface area contributed by atoms with Gasteiger partial charge in [-0.2, -0.15) is 0 Å². The summed E-state index contributed by atoms with van der Waals surface area (Å²) in [4.78, 5) is 0. The highest BCUT2D eigenvalue weighted by molar-refractivity contribution is 5.29. The normalized spacial score (nSPS) is 12.1. The van der Waals surface area contributed by atoms with Gasteiger partial charge in [0.05, 0.1) is 0 Å². The quantitative estimate of drug-likeness (QED) is 0.491. The number of rotatable bonds is 5. The van der Waals surface area contributed by atoms with Gasteiger partial charge in [0, 0.05) is 5.92 Å². The highest BCUT2D eigenvalue weighted by Gasteiger charge is 2.07. The third-order valence-corrected chi connectivity index (χ3v) is 2.72. The Hall–Kier alpha value is -1.22. The van der Waals surface area contributed by atoms with Gasteiger partial charge >= 0.3 is 0 Å². The Labute approximate surface area is 93.7 Å². The fraction of sp³-hybridized carbons (Fsp3) is 0.467. The van der Waals surface area contributed by atoms with Crippen molar-refractivity contribution >= 4 is 0 Å². The van der Waals surface area contributed by atoms with Crippen LogP contribution in [0.25, 0.3) is 0 Å². The molecule has 0 fully saturated rings. The predicted octanol–water partition coefficient (Wildman–Crippen LogP) is 4.25. The SMILES string of the molecule is [C]#CC(CCCCC)c1cccc(C)c1. The van der Waals surface area contributed by atoms with E-state index in [2.05, 4.69) is 44.0 Å². The van der Waals surface area contributed by atoms with Crippen LogP contribution < -0.4 is 0 Å². The largest absolute Gasteiger partial charge is 0.0809 e. The summed E-state index contributed by atoms with van der Waals surface area (Å²) in [6.07, 6.45) is 12.1. The molecule has 1 unspecified atom stereocenters. The number of hydrogen-bond donors (Lipinski definition) is 0. The highest BCUT2D eigenvalue weighted by atomic mass is 14.1. The van der Waals surface area contributed by atoms with Crippen LogP contribution in [0.2, 0.25) is 0 Å². The maximum Gasteiger partial charge on any atom is 0.0462 e. The van der Waals surface area contributed by atoms with E-state index < -0.39 is 0 Å². The lowest BCUT2D eigenvalue weighted by atomic mass is 9.93. The first-order valence-electron chi connectivity index (χ1n) is 5.76. The van der Waals surface area contributed by atoms with Gasteiger partial charge in [-0.05, 0) is 25.3 Å². The molecule has 1 rings (SSSR count). The highest BCUT2D eigenvalue weighted by Crippen LogP contribution is 2.22. The fourth-order valence-corrected chi connectivity index (χ4v) is 1.81. The van der Waals surface area contributed by atoms with Crippen LogP contribution in [0, 0.1) is 19.3 Å². The molecule has 79 valence electrons. The van der Waals surface area contributed by atoms with Gasteiger partial charge in [0.15, 0.2) is 0 Å². The van der Waals surface area contributed by atoms with Gasteiger partial charge in [-0.15, -0.1) is 0 Å². The summed E-state index contributed by atoms with van der Waals surface area (Å²) in [5, 5.41) is 0. The molecule has 1 aromatic rings. The van der Waals surface area contributed by atoms with Crippen LogP contribution in [0.1, 0.15) is 49.7 Å². The smallest absolute Gasteiger partial charge is 0.0462 e. The van der Waals surface area contributed by atoms with Gasteiger partial charge in [-0.25, -0.2) is 0 Å². The molecule has 0 heterocycles. The van der Waals surface area contributed by atoms with E-state index in [-0.39, 0.29) is 5.92 Å². The molecule has 0 bridgehead atoms. The zero-order chi connectivity index (χ0) is 11.1. The van der Waals surface area contributed by atoms with Crippen LogP contribution in [-0.4, -0.2) is 0 Å². The standard InChI is InChI=1S/C15H19/c1-4-6-7-10-14(5-2)15-11-8-9-13(3)12-15/h8-9,11-12,14H,4,6-7,10H2,1,3H3. The number of benzene rings is 1. The van der Waals surface area contributed by atoms with E-state index in [9.17, 15) is 0 Å². The molecule has 1 radical (unpaired) electrons. The molecule has 0 spiro atoms. The molecule has 0 amide bonds. The number of unbranched alkanes of at least 4 members (excludes halogenated alkanes) is 2. The Morgan fingerprint density at radius 1 is 1.33 bits per heavy atom. The lowest BCUT2D eigenvalue weighted by Gasteiger charge is -2.11. The summed E-state index contributed by atoms with van der Waals surface area (Å²) in [6, 6.07) is 8.43. The van der Waals surface area contributed by atoms with Crippen molar-refractivity contribution in [2.45, 2.75) is 45.4 Å². The van der Waals surface area contributed by atoms with E-state index >= 15 is 0 Å². The summed E-state index contributed by atoms with van der Waals surface area (Å²) in [5.74, 6) is 2.85. The molecule has 0 aliphatic heterocycles. The average Bonchev–Trinajstić information content (AvgIpc) is 2.24. The second kappa shape index (κ2) is 6.30. The van der Waals surface area contributed by atoms with Crippen molar-refractivity contribution in [3.8, 4) is 5.92 Å². The van der Waals surface area contributed by atoms with Crippen molar-refractivity contribution in [1.29, 1.82) is 0 Å². The van der Waals surface area contributed by atoms with Crippen molar-refractivity contribution in [3.63, 3.8) is 0 Å². The Bertz CT molecular complexity index is 330. The zero-order valence-corrected chi connectivity index (χ0v) is 9.72. The zero-order valence-electron chi connectivity index (χ0n) is 9.72. The van der Waals surface area contributed by atoms with Crippen LogP contribution in [-0.2, 0) is 0 Å². The first-order chi connectivity index (χ1) is 7.27. The van der Waals surface area contributed by atoms with Gasteiger partial charge in [-0.1, -0.05) is 61.9 Å². The van der Waals surface area contributed by atoms with E-state index in [1.165, 1.54) is 30.4 Å². The molecule has 0 nitrogen and oxygen atoms in total. The number of aryl methyl sites for hydroxylation is 1. The Balaban J connectivity index is 2.63. The molecule has 0 aliphatic carbocycles. The lowest BCUT2D eigenvalue weighted by Crippen LogP contribution is -1.96. The summed E-state index contributed by atoms with van der Waals surface area (Å²) >= 11 is 0. The minimum Gasteiger partial charge on any atom is -0.0809 e. The second-order valence-corrected chi connectivity index (χ2v) is 4.11. The number of hydrogen-bond acceptors (Lipinski definition) is 0. The van der Waals surface area contributed by atoms with Crippen molar-refractivity contribution in [2.24, 2.45) is 0 Å². The molecule has 1 aromatic carbocycles. The maximum atomic E-state index is 7.35. The van der Waals surface area contributed by atoms with E-state index in [0.717, 1.165) is 6.42 Å². The van der Waals surface area contributed by atoms with Crippen LogP contribution in [0.15, 0.2) is 24.3 Å². The van der Waals surface area contributed by atoms with Crippen LogP contribution in [0.3, 0.4) is 0 Å². The molecular weight excluding hydrogens is 180 g/mol. The predicted molar refractivity (Wildman–Crippen MR) is 65.2 cm³/mol. The average molecular weight is 199 g/mol. The van der Waals surface area contributed by atoms with Gasteiger partial charge < -0.3 is 0 Å². The molecule has 0 heteroatoms. The first kappa shape index (κ1) is 11.9. The van der Waals surface area contributed by atoms with Crippen LogP contribution in [0.4, 0.5) is 0 Å². The minimum absolute atomic E-state index is 0.191. The third-order valence-electron chi connectivity index (χ3n) is 2.72. The molecule has 0 saturated carbocycles. The van der Waals surface area contributed by atoms with Crippen LogP contribution >= 0.6 is 0 Å². The molecule has 0 aliphatic rings. The Morgan fingerprint density at radius 3 is 2.73 bits per heavy atom. The van der Waals surface area contributed by atoms with Gasteiger partial charge in [0.2, 0.25) is 0 Å². The molecule has 0 N–H and O–H groups in total.